The Bertz CT molecular complexity index is 315. The van der Waals surface area contributed by atoms with Crippen molar-refractivity contribution in [1.82, 2.24) is 5.32 Å². The van der Waals surface area contributed by atoms with E-state index in [0.717, 1.165) is 19.3 Å². The number of methoxy groups -OCH3 is 1. The first kappa shape index (κ1) is 17.9. The Morgan fingerprint density at radius 2 is 1.76 bits per heavy atom. The molecule has 0 atom stereocenters. The third kappa shape index (κ3) is 6.88. The lowest BCUT2D eigenvalue weighted by atomic mass is 10.1. The lowest BCUT2D eigenvalue weighted by Gasteiger charge is -2.32. The number of carbonyl (C=O) groups is 2. The number of nitrogens with two attached hydrogens (primary N) is 1. The zero-order chi connectivity index (χ0) is 15.6. The highest BCUT2D eigenvalue weighted by molar-refractivity contribution is 5.73. The largest absolute Gasteiger partial charge is 0.408 e. The highest BCUT2D eigenvalue weighted by atomic mass is 16.8. The predicted molar refractivity (Wildman–Crippen MR) is 75.9 cm³/mol. The summed E-state index contributed by atoms with van der Waals surface area (Å²) in [6.07, 6.45) is 4.70. The van der Waals surface area contributed by atoms with Crippen LogP contribution < -0.4 is 11.1 Å². The van der Waals surface area contributed by atoms with E-state index in [1.54, 1.807) is 0 Å². The smallest absolute Gasteiger partial charge is 0.319 e. The topological polar surface area (TPSA) is 99.9 Å². The number of rotatable bonds is 8. The number of cyclic esters (lactones) is 2. The Hall–Kier alpha value is -1.18. The first-order valence-corrected chi connectivity index (χ1v) is 7.49. The maximum atomic E-state index is 11.8. The molecule has 0 saturated carbocycles. The van der Waals surface area contributed by atoms with Crippen LogP contribution in [0.15, 0.2) is 0 Å². The van der Waals surface area contributed by atoms with Crippen molar-refractivity contribution in [2.24, 2.45) is 5.73 Å². The second-order valence-corrected chi connectivity index (χ2v) is 5.12. The number of esters is 2. The minimum absolute atomic E-state index is 0.122. The molecule has 0 aromatic carbocycles. The summed E-state index contributed by atoms with van der Waals surface area (Å²) in [7, 11) is 1.51. The number of hydrogen-bond acceptors (Lipinski definition) is 7. The Morgan fingerprint density at radius 3 is 2.29 bits per heavy atom. The summed E-state index contributed by atoms with van der Waals surface area (Å²) in [6, 6.07) is 0. The summed E-state index contributed by atoms with van der Waals surface area (Å²) in [5.41, 5.74) is 5.46. The summed E-state index contributed by atoms with van der Waals surface area (Å²) >= 11 is 0. The van der Waals surface area contributed by atoms with Crippen LogP contribution in [0.5, 0.6) is 0 Å². The van der Waals surface area contributed by atoms with E-state index in [0.29, 0.717) is 25.8 Å². The molecule has 0 aromatic heterocycles. The Morgan fingerprint density at radius 1 is 1.14 bits per heavy atom. The van der Waals surface area contributed by atoms with Gasteiger partial charge in [-0.25, -0.2) is 5.32 Å². The first-order chi connectivity index (χ1) is 10.1. The molecule has 7 heteroatoms. The van der Waals surface area contributed by atoms with Crippen molar-refractivity contribution in [2.75, 3.05) is 20.4 Å². The molecule has 0 aliphatic carbocycles. The van der Waals surface area contributed by atoms with Crippen molar-refractivity contribution in [3.05, 3.63) is 0 Å². The van der Waals surface area contributed by atoms with Crippen molar-refractivity contribution in [3.63, 3.8) is 0 Å². The fraction of sp³-hybridized carbons (Fsp3) is 0.857. The second kappa shape index (κ2) is 9.70. The molecule has 0 bridgehead atoms. The molecule has 1 aliphatic heterocycles. The Labute approximate surface area is 125 Å². The molecule has 1 saturated heterocycles. The van der Waals surface area contributed by atoms with E-state index >= 15 is 0 Å². The van der Waals surface area contributed by atoms with Crippen molar-refractivity contribution in [3.8, 4) is 0 Å². The number of ether oxygens (including phenoxy) is 3. The van der Waals surface area contributed by atoms with Gasteiger partial charge in [0.05, 0.1) is 0 Å². The van der Waals surface area contributed by atoms with Crippen LogP contribution in [0.4, 0.5) is 0 Å². The molecule has 1 aliphatic rings. The predicted octanol–water partition coefficient (Wildman–Crippen LogP) is 1.01. The molecule has 0 amide bonds. The highest BCUT2D eigenvalue weighted by Gasteiger charge is 2.38. The third-order valence-corrected chi connectivity index (χ3v) is 3.27. The van der Waals surface area contributed by atoms with Gasteiger partial charge in [0.2, 0.25) is 0 Å². The fourth-order valence-corrected chi connectivity index (χ4v) is 2.15. The second-order valence-electron chi connectivity index (χ2n) is 5.12. The molecule has 1 rings (SSSR count). The van der Waals surface area contributed by atoms with Crippen LogP contribution in [0.25, 0.3) is 0 Å². The molecule has 7 nitrogen and oxygen atoms in total. The zero-order valence-electron chi connectivity index (χ0n) is 12.7. The minimum atomic E-state index is -1.43. The summed E-state index contributed by atoms with van der Waals surface area (Å²) in [4.78, 5) is 23.7. The molecule has 122 valence electrons. The van der Waals surface area contributed by atoms with Crippen LogP contribution in [0.3, 0.4) is 0 Å². The van der Waals surface area contributed by atoms with Crippen LogP contribution in [0.2, 0.25) is 0 Å². The van der Waals surface area contributed by atoms with E-state index in [2.05, 4.69) is 5.32 Å². The van der Waals surface area contributed by atoms with Crippen molar-refractivity contribution < 1.29 is 23.8 Å². The molecule has 0 spiro atoms. The minimum Gasteiger partial charge on any atom is -0.408 e. The average Bonchev–Trinajstić information content (AvgIpc) is 2.52. The van der Waals surface area contributed by atoms with E-state index in [-0.39, 0.29) is 31.5 Å². The molecule has 0 aromatic rings. The van der Waals surface area contributed by atoms with Crippen molar-refractivity contribution in [1.29, 1.82) is 0 Å². The SMILES string of the molecule is COCNC1(CCCCCN)OC(=O)CCCCC(=O)O1. The summed E-state index contributed by atoms with van der Waals surface area (Å²) in [5.74, 6) is -2.16. The molecule has 1 heterocycles. The molecule has 1 fully saturated rings. The molecular formula is C14H26N2O5. The number of unbranched alkanes of at least 4 members (excludes halogenated alkanes) is 2. The third-order valence-electron chi connectivity index (χ3n) is 3.27. The van der Waals surface area contributed by atoms with Gasteiger partial charge in [-0.2, -0.15) is 0 Å². The lowest BCUT2D eigenvalue weighted by molar-refractivity contribution is -0.248. The van der Waals surface area contributed by atoms with E-state index in [9.17, 15) is 9.59 Å². The van der Waals surface area contributed by atoms with E-state index in [4.69, 9.17) is 19.9 Å². The van der Waals surface area contributed by atoms with E-state index in [1.165, 1.54) is 7.11 Å². The van der Waals surface area contributed by atoms with Gasteiger partial charge in [0.25, 0.3) is 0 Å². The highest BCUT2D eigenvalue weighted by Crippen LogP contribution is 2.23. The van der Waals surface area contributed by atoms with Gasteiger partial charge in [-0.3, -0.25) is 9.59 Å². The van der Waals surface area contributed by atoms with Gasteiger partial charge < -0.3 is 19.9 Å². The summed E-state index contributed by atoms with van der Waals surface area (Å²) < 4.78 is 15.8. The van der Waals surface area contributed by atoms with Gasteiger partial charge in [0, 0.05) is 26.4 Å². The quantitative estimate of drug-likeness (QED) is 0.392. The maximum absolute atomic E-state index is 11.8. The maximum Gasteiger partial charge on any atom is 0.319 e. The average molecular weight is 302 g/mol. The number of nitrogens with one attached hydrogen (secondary N) is 1. The van der Waals surface area contributed by atoms with Crippen molar-refractivity contribution in [2.45, 2.75) is 57.3 Å². The van der Waals surface area contributed by atoms with Gasteiger partial charge >= 0.3 is 17.8 Å². The normalized spacial score (nSPS) is 19.1. The standard InChI is InChI=1S/C14H26N2O5/c1-19-11-16-14(9-5-2-6-10-15)20-12(17)7-3-4-8-13(18)21-14/h16H,2-11,15H2,1H3. The van der Waals surface area contributed by atoms with Gasteiger partial charge in [0.1, 0.15) is 6.73 Å². The van der Waals surface area contributed by atoms with Gasteiger partial charge in [-0.05, 0) is 32.2 Å². The molecule has 21 heavy (non-hydrogen) atoms. The first-order valence-electron chi connectivity index (χ1n) is 7.49. The summed E-state index contributed by atoms with van der Waals surface area (Å²) in [6.45, 7) is 0.732. The fourth-order valence-electron chi connectivity index (χ4n) is 2.15. The monoisotopic (exact) mass is 302 g/mol. The Balaban J connectivity index is 2.75. The van der Waals surface area contributed by atoms with Crippen LogP contribution in [-0.4, -0.2) is 38.2 Å². The van der Waals surface area contributed by atoms with Crippen LogP contribution >= 0.6 is 0 Å². The number of hydrogen-bond donors (Lipinski definition) is 2. The lowest BCUT2D eigenvalue weighted by Crippen LogP contribution is -2.53. The van der Waals surface area contributed by atoms with Crippen LogP contribution in [-0.2, 0) is 23.8 Å². The van der Waals surface area contributed by atoms with Crippen LogP contribution in [0, 0.1) is 0 Å². The van der Waals surface area contributed by atoms with Crippen molar-refractivity contribution >= 4 is 11.9 Å². The van der Waals surface area contributed by atoms with Gasteiger partial charge in [-0.1, -0.05) is 6.42 Å². The van der Waals surface area contributed by atoms with Gasteiger partial charge in [-0.15, -0.1) is 0 Å². The summed E-state index contributed by atoms with van der Waals surface area (Å²) in [5, 5.41) is 2.88. The molecule has 3 N–H and O–H groups in total. The van der Waals surface area contributed by atoms with E-state index < -0.39 is 5.91 Å². The Kier molecular flexibility index (Phi) is 8.26. The molecule has 0 unspecified atom stereocenters. The van der Waals surface area contributed by atoms with Gasteiger partial charge in [0.15, 0.2) is 0 Å². The number of carbonyl (C=O) groups excluding carboxylic acids is 2. The zero-order valence-corrected chi connectivity index (χ0v) is 12.7. The van der Waals surface area contributed by atoms with E-state index in [1.807, 2.05) is 0 Å². The molecule has 0 radical (unpaired) electrons. The molecular weight excluding hydrogens is 276 g/mol. The van der Waals surface area contributed by atoms with Crippen LogP contribution in [0.1, 0.15) is 51.4 Å².